The lowest BCUT2D eigenvalue weighted by Gasteiger charge is -2.15. The second-order valence-corrected chi connectivity index (χ2v) is 9.59. The molecule has 1 amide bonds. The maximum atomic E-state index is 12.2. The molecule has 142 valence electrons. The number of hydrogen-bond acceptors (Lipinski definition) is 4. The van der Waals surface area contributed by atoms with Crippen LogP contribution in [0.4, 0.5) is 0 Å². The van der Waals surface area contributed by atoms with Crippen LogP contribution in [0.3, 0.4) is 0 Å². The van der Waals surface area contributed by atoms with Crippen molar-refractivity contribution in [3.63, 3.8) is 0 Å². The van der Waals surface area contributed by atoms with Gasteiger partial charge in [0.25, 0.3) is 0 Å². The van der Waals surface area contributed by atoms with Crippen molar-refractivity contribution >= 4 is 27.7 Å². The van der Waals surface area contributed by atoms with Gasteiger partial charge in [-0.1, -0.05) is 37.6 Å². The number of nitrogens with one attached hydrogen (secondary N) is 2. The van der Waals surface area contributed by atoms with Gasteiger partial charge in [0.15, 0.2) is 0 Å². The van der Waals surface area contributed by atoms with Gasteiger partial charge in [0.2, 0.25) is 15.9 Å². The minimum Gasteiger partial charge on any atom is -0.351 e. The first-order valence-electron chi connectivity index (χ1n) is 8.71. The molecule has 0 radical (unpaired) electrons. The summed E-state index contributed by atoms with van der Waals surface area (Å²) < 4.78 is 26.9. The highest BCUT2D eigenvalue weighted by atomic mass is 32.2. The van der Waals surface area contributed by atoms with E-state index in [0.717, 1.165) is 24.2 Å². The highest BCUT2D eigenvalue weighted by Crippen LogP contribution is 2.15. The molecule has 0 bridgehead atoms. The van der Waals surface area contributed by atoms with E-state index in [1.807, 2.05) is 25.1 Å². The second kappa shape index (κ2) is 10.8. The molecule has 2 N–H and O–H groups in total. The van der Waals surface area contributed by atoms with Crippen LogP contribution < -0.4 is 10.0 Å². The summed E-state index contributed by atoms with van der Waals surface area (Å²) in [6.45, 7) is 7.95. The molecule has 0 fully saturated rings. The van der Waals surface area contributed by atoms with E-state index < -0.39 is 10.0 Å². The number of benzene rings is 1. The Labute approximate surface area is 156 Å². The summed E-state index contributed by atoms with van der Waals surface area (Å²) in [6, 6.07) is 7.18. The number of sulfonamides is 1. The SMILES string of the molecule is CCCCSC(C)C(=O)NCc1ccccc1CS(=O)(=O)NC(C)C. The molecule has 7 heteroatoms. The lowest BCUT2D eigenvalue weighted by atomic mass is 10.1. The fourth-order valence-corrected chi connectivity index (χ4v) is 4.82. The highest BCUT2D eigenvalue weighted by Gasteiger charge is 2.17. The highest BCUT2D eigenvalue weighted by molar-refractivity contribution is 8.00. The molecular formula is C18H30N2O3S2. The van der Waals surface area contributed by atoms with Gasteiger partial charge in [-0.15, -0.1) is 11.8 Å². The molecule has 1 atom stereocenters. The van der Waals surface area contributed by atoms with Crippen LogP contribution >= 0.6 is 11.8 Å². The molecule has 25 heavy (non-hydrogen) atoms. The van der Waals surface area contributed by atoms with Crippen molar-refractivity contribution in [1.82, 2.24) is 10.0 Å². The summed E-state index contributed by atoms with van der Waals surface area (Å²) >= 11 is 1.65. The Morgan fingerprint density at radius 3 is 2.40 bits per heavy atom. The zero-order chi connectivity index (χ0) is 18.9. The lowest BCUT2D eigenvalue weighted by molar-refractivity contribution is -0.120. The maximum absolute atomic E-state index is 12.2. The van der Waals surface area contributed by atoms with Gasteiger partial charge in [0.1, 0.15) is 0 Å². The monoisotopic (exact) mass is 386 g/mol. The first kappa shape index (κ1) is 22.0. The summed E-state index contributed by atoms with van der Waals surface area (Å²) in [5.41, 5.74) is 1.54. The van der Waals surface area contributed by atoms with Crippen molar-refractivity contribution in [3.05, 3.63) is 35.4 Å². The average Bonchev–Trinajstić information content (AvgIpc) is 2.52. The normalized spacial score (nSPS) is 13.0. The van der Waals surface area contributed by atoms with E-state index in [4.69, 9.17) is 0 Å². The quantitative estimate of drug-likeness (QED) is 0.573. The van der Waals surface area contributed by atoms with Gasteiger partial charge in [0.05, 0.1) is 11.0 Å². The Morgan fingerprint density at radius 1 is 1.16 bits per heavy atom. The summed E-state index contributed by atoms with van der Waals surface area (Å²) in [5, 5.41) is 2.81. The van der Waals surface area contributed by atoms with Crippen molar-refractivity contribution in [2.75, 3.05) is 5.75 Å². The Morgan fingerprint density at radius 2 is 1.80 bits per heavy atom. The van der Waals surface area contributed by atoms with E-state index in [0.29, 0.717) is 12.1 Å². The van der Waals surface area contributed by atoms with Gasteiger partial charge in [-0.05, 0) is 44.1 Å². The molecule has 0 saturated carbocycles. The third-order valence-corrected chi connectivity index (χ3v) is 6.33. The smallest absolute Gasteiger partial charge is 0.233 e. The van der Waals surface area contributed by atoms with E-state index >= 15 is 0 Å². The van der Waals surface area contributed by atoms with Crippen LogP contribution in [0.15, 0.2) is 24.3 Å². The number of unbranched alkanes of at least 4 members (excludes halogenated alkanes) is 1. The van der Waals surface area contributed by atoms with Crippen molar-refractivity contribution in [1.29, 1.82) is 0 Å². The maximum Gasteiger partial charge on any atom is 0.233 e. The molecule has 0 aliphatic carbocycles. The number of hydrogen-bond donors (Lipinski definition) is 2. The van der Waals surface area contributed by atoms with Crippen molar-refractivity contribution in [2.45, 2.75) is 64.1 Å². The van der Waals surface area contributed by atoms with Crippen LogP contribution in [0.2, 0.25) is 0 Å². The van der Waals surface area contributed by atoms with Crippen LogP contribution in [-0.4, -0.2) is 31.4 Å². The van der Waals surface area contributed by atoms with Crippen LogP contribution in [0.25, 0.3) is 0 Å². The van der Waals surface area contributed by atoms with Gasteiger partial charge >= 0.3 is 0 Å². The number of carbonyl (C=O) groups is 1. The van der Waals surface area contributed by atoms with Gasteiger partial charge < -0.3 is 5.32 Å². The zero-order valence-corrected chi connectivity index (χ0v) is 17.2. The van der Waals surface area contributed by atoms with Gasteiger partial charge in [-0.3, -0.25) is 4.79 Å². The number of carbonyl (C=O) groups excluding carboxylic acids is 1. The van der Waals surface area contributed by atoms with Crippen LogP contribution in [-0.2, 0) is 27.1 Å². The predicted octanol–water partition coefficient (Wildman–Crippen LogP) is 3.05. The topological polar surface area (TPSA) is 75.3 Å². The van der Waals surface area contributed by atoms with E-state index in [1.165, 1.54) is 0 Å². The molecular weight excluding hydrogens is 356 g/mol. The largest absolute Gasteiger partial charge is 0.351 e. The molecule has 1 rings (SSSR count). The van der Waals surface area contributed by atoms with Crippen molar-refractivity contribution in [2.24, 2.45) is 0 Å². The van der Waals surface area contributed by atoms with Crippen molar-refractivity contribution < 1.29 is 13.2 Å². The number of rotatable bonds is 11. The molecule has 0 spiro atoms. The van der Waals surface area contributed by atoms with E-state index in [2.05, 4.69) is 17.0 Å². The van der Waals surface area contributed by atoms with Crippen LogP contribution in [0.5, 0.6) is 0 Å². The van der Waals surface area contributed by atoms with Gasteiger partial charge in [0, 0.05) is 12.6 Å². The molecule has 5 nitrogen and oxygen atoms in total. The average molecular weight is 387 g/mol. The molecule has 0 aromatic heterocycles. The summed E-state index contributed by atoms with van der Waals surface area (Å²) in [6.07, 6.45) is 2.22. The fraction of sp³-hybridized carbons (Fsp3) is 0.611. The molecule has 0 heterocycles. The first-order valence-corrected chi connectivity index (χ1v) is 11.4. The molecule has 0 aliphatic heterocycles. The fourth-order valence-electron chi connectivity index (χ4n) is 2.28. The third kappa shape index (κ3) is 8.74. The number of thioether (sulfide) groups is 1. The van der Waals surface area contributed by atoms with Crippen LogP contribution in [0, 0.1) is 0 Å². The first-order chi connectivity index (χ1) is 11.7. The lowest BCUT2D eigenvalue weighted by Crippen LogP contribution is -2.33. The Bertz CT molecular complexity index is 645. The number of amides is 1. The molecule has 0 aliphatic rings. The van der Waals surface area contributed by atoms with E-state index in [1.54, 1.807) is 31.7 Å². The molecule has 0 saturated heterocycles. The van der Waals surface area contributed by atoms with E-state index in [9.17, 15) is 13.2 Å². The van der Waals surface area contributed by atoms with Crippen molar-refractivity contribution in [3.8, 4) is 0 Å². The minimum atomic E-state index is -3.39. The predicted molar refractivity (Wildman–Crippen MR) is 106 cm³/mol. The Hall–Kier alpha value is -1.05. The molecule has 1 unspecified atom stereocenters. The Balaban J connectivity index is 2.66. The standard InChI is InChI=1S/C18H30N2O3S2/c1-5-6-11-24-15(4)18(21)19-12-16-9-7-8-10-17(16)13-25(22,23)20-14(2)3/h7-10,14-15,20H,5-6,11-13H2,1-4H3,(H,19,21). The van der Waals surface area contributed by atoms with Crippen LogP contribution in [0.1, 0.15) is 51.7 Å². The minimum absolute atomic E-state index is 0.0148. The van der Waals surface area contributed by atoms with Gasteiger partial charge in [-0.2, -0.15) is 0 Å². The molecule has 1 aromatic carbocycles. The molecule has 1 aromatic rings. The van der Waals surface area contributed by atoms with E-state index in [-0.39, 0.29) is 23.0 Å². The third-order valence-electron chi connectivity index (χ3n) is 3.57. The van der Waals surface area contributed by atoms with Gasteiger partial charge in [-0.25, -0.2) is 13.1 Å². The summed E-state index contributed by atoms with van der Waals surface area (Å²) in [4.78, 5) is 12.2. The zero-order valence-electron chi connectivity index (χ0n) is 15.5. The summed E-state index contributed by atoms with van der Waals surface area (Å²) in [7, 11) is -3.39. The Kier molecular flexibility index (Phi) is 9.53. The summed E-state index contributed by atoms with van der Waals surface area (Å²) in [5.74, 6) is 0.873. The second-order valence-electron chi connectivity index (χ2n) is 6.38.